The SMILES string of the molecule is CC(C)(C)c1c[c]n(-c2ccccn2)n1. The Kier molecular flexibility index (Phi) is 2.31. The van der Waals surface area contributed by atoms with Gasteiger partial charge in [-0.15, -0.1) is 0 Å². The van der Waals surface area contributed by atoms with E-state index < -0.39 is 0 Å². The molecule has 2 aromatic heterocycles. The van der Waals surface area contributed by atoms with Crippen molar-refractivity contribution in [3.63, 3.8) is 0 Å². The minimum absolute atomic E-state index is 0.0521. The van der Waals surface area contributed by atoms with Crippen molar-refractivity contribution in [3.8, 4) is 5.82 Å². The van der Waals surface area contributed by atoms with Crippen molar-refractivity contribution < 1.29 is 0 Å². The second-order valence-corrected chi connectivity index (χ2v) is 4.51. The van der Waals surface area contributed by atoms with Crippen molar-refractivity contribution in [1.82, 2.24) is 14.8 Å². The molecule has 3 nitrogen and oxygen atoms in total. The lowest BCUT2D eigenvalue weighted by Gasteiger charge is -2.14. The van der Waals surface area contributed by atoms with Gasteiger partial charge in [-0.05, 0) is 18.2 Å². The van der Waals surface area contributed by atoms with Crippen LogP contribution in [0.1, 0.15) is 26.5 Å². The fraction of sp³-hybridized carbons (Fsp3) is 0.333. The summed E-state index contributed by atoms with van der Waals surface area (Å²) in [4.78, 5) is 4.21. The number of nitrogens with zero attached hydrogens (tertiary/aromatic N) is 3. The predicted octanol–water partition coefficient (Wildman–Crippen LogP) is 2.36. The number of hydrogen-bond acceptors (Lipinski definition) is 2. The van der Waals surface area contributed by atoms with E-state index in [9.17, 15) is 0 Å². The molecule has 0 unspecified atom stereocenters. The van der Waals surface area contributed by atoms with Gasteiger partial charge in [0.2, 0.25) is 0 Å². The molecule has 2 rings (SSSR count). The van der Waals surface area contributed by atoms with Gasteiger partial charge in [-0.2, -0.15) is 5.10 Å². The maximum atomic E-state index is 4.45. The third kappa shape index (κ3) is 2.06. The first-order chi connectivity index (χ1) is 7.07. The van der Waals surface area contributed by atoms with Crippen molar-refractivity contribution >= 4 is 0 Å². The first-order valence-corrected chi connectivity index (χ1v) is 4.97. The van der Waals surface area contributed by atoms with Crippen LogP contribution in [0, 0.1) is 6.20 Å². The lowest BCUT2D eigenvalue weighted by atomic mass is 9.93. The maximum absolute atomic E-state index is 4.45. The quantitative estimate of drug-likeness (QED) is 0.707. The zero-order valence-electron chi connectivity index (χ0n) is 9.23. The average Bonchev–Trinajstić information content (AvgIpc) is 2.67. The molecule has 3 heteroatoms. The van der Waals surface area contributed by atoms with Gasteiger partial charge in [-0.1, -0.05) is 26.8 Å². The van der Waals surface area contributed by atoms with E-state index in [1.807, 2.05) is 24.3 Å². The third-order valence-electron chi connectivity index (χ3n) is 2.17. The van der Waals surface area contributed by atoms with E-state index in [4.69, 9.17) is 0 Å². The van der Waals surface area contributed by atoms with Gasteiger partial charge in [0.05, 0.1) is 11.9 Å². The molecule has 0 amide bonds. The molecule has 2 heterocycles. The van der Waals surface area contributed by atoms with Crippen LogP contribution in [0.15, 0.2) is 30.5 Å². The van der Waals surface area contributed by atoms with E-state index in [-0.39, 0.29) is 5.41 Å². The molecule has 0 fully saturated rings. The van der Waals surface area contributed by atoms with Gasteiger partial charge in [-0.3, -0.25) is 0 Å². The molecule has 15 heavy (non-hydrogen) atoms. The fourth-order valence-electron chi connectivity index (χ4n) is 1.25. The molecule has 0 aliphatic heterocycles. The first-order valence-electron chi connectivity index (χ1n) is 4.97. The molecular formula is C12H14N3. The Morgan fingerprint density at radius 2 is 2.07 bits per heavy atom. The van der Waals surface area contributed by atoms with Gasteiger partial charge >= 0.3 is 0 Å². The van der Waals surface area contributed by atoms with Crippen LogP contribution in [0.25, 0.3) is 5.82 Å². The second kappa shape index (κ2) is 3.50. The smallest absolute Gasteiger partial charge is 0.154 e. The van der Waals surface area contributed by atoms with Crippen molar-refractivity contribution in [1.29, 1.82) is 0 Å². The van der Waals surface area contributed by atoms with E-state index in [1.165, 1.54) is 0 Å². The summed E-state index contributed by atoms with van der Waals surface area (Å²) < 4.78 is 1.68. The van der Waals surface area contributed by atoms with Crippen LogP contribution in [0.5, 0.6) is 0 Å². The molecule has 0 saturated heterocycles. The van der Waals surface area contributed by atoms with E-state index >= 15 is 0 Å². The van der Waals surface area contributed by atoms with Gasteiger partial charge < -0.3 is 0 Å². The highest BCUT2D eigenvalue weighted by molar-refractivity contribution is 5.22. The Bertz CT molecular complexity index is 437. The topological polar surface area (TPSA) is 30.7 Å². The third-order valence-corrected chi connectivity index (χ3v) is 2.17. The molecule has 0 N–H and O–H groups in total. The van der Waals surface area contributed by atoms with Gasteiger partial charge in [0.15, 0.2) is 5.82 Å². The zero-order valence-corrected chi connectivity index (χ0v) is 9.23. The van der Waals surface area contributed by atoms with E-state index in [2.05, 4.69) is 37.1 Å². The van der Waals surface area contributed by atoms with Crippen LogP contribution >= 0.6 is 0 Å². The molecule has 0 aliphatic carbocycles. The largest absolute Gasteiger partial charge is 0.237 e. The molecule has 0 aromatic carbocycles. The lowest BCUT2D eigenvalue weighted by molar-refractivity contribution is 0.559. The van der Waals surface area contributed by atoms with Crippen LogP contribution in [0.3, 0.4) is 0 Å². The fourth-order valence-corrected chi connectivity index (χ4v) is 1.25. The standard InChI is InChI=1S/C12H14N3/c1-12(2,3)10-7-9-15(14-10)11-6-4-5-8-13-11/h4-8H,1-3H3. The van der Waals surface area contributed by atoms with E-state index in [1.54, 1.807) is 10.9 Å². The summed E-state index contributed by atoms with van der Waals surface area (Å²) in [5.41, 5.74) is 1.07. The predicted molar refractivity (Wildman–Crippen MR) is 58.9 cm³/mol. The molecule has 1 radical (unpaired) electrons. The van der Waals surface area contributed by atoms with Crippen molar-refractivity contribution in [2.24, 2.45) is 0 Å². The monoisotopic (exact) mass is 200 g/mol. The van der Waals surface area contributed by atoms with Gasteiger partial charge in [-0.25, -0.2) is 9.67 Å². The first kappa shape index (κ1) is 9.90. The molecule has 0 saturated carbocycles. The van der Waals surface area contributed by atoms with E-state index in [0.29, 0.717) is 0 Å². The van der Waals surface area contributed by atoms with Crippen molar-refractivity contribution in [3.05, 3.63) is 42.4 Å². The van der Waals surface area contributed by atoms with Gasteiger partial charge in [0, 0.05) is 11.6 Å². The molecule has 0 spiro atoms. The van der Waals surface area contributed by atoms with E-state index in [0.717, 1.165) is 11.5 Å². The lowest BCUT2D eigenvalue weighted by Crippen LogP contribution is -2.12. The summed E-state index contributed by atoms with van der Waals surface area (Å²) in [6.07, 6.45) is 4.82. The summed E-state index contributed by atoms with van der Waals surface area (Å²) in [5.74, 6) is 0.799. The second-order valence-electron chi connectivity index (χ2n) is 4.51. The highest BCUT2D eigenvalue weighted by Gasteiger charge is 2.17. The van der Waals surface area contributed by atoms with Gasteiger partial charge in [0.25, 0.3) is 0 Å². The van der Waals surface area contributed by atoms with Crippen LogP contribution in [0.2, 0.25) is 0 Å². The summed E-state index contributed by atoms with van der Waals surface area (Å²) in [6, 6.07) is 7.65. The molecular weight excluding hydrogens is 186 g/mol. The summed E-state index contributed by atoms with van der Waals surface area (Å²) >= 11 is 0. The zero-order chi connectivity index (χ0) is 10.9. The number of rotatable bonds is 1. The Balaban J connectivity index is 2.37. The molecule has 77 valence electrons. The minimum atomic E-state index is 0.0521. The molecule has 0 bridgehead atoms. The number of aromatic nitrogens is 3. The molecule has 2 aromatic rings. The van der Waals surface area contributed by atoms with Crippen LogP contribution < -0.4 is 0 Å². The molecule has 0 aliphatic rings. The minimum Gasteiger partial charge on any atom is -0.237 e. The van der Waals surface area contributed by atoms with Crippen LogP contribution in [-0.4, -0.2) is 14.8 Å². The number of hydrogen-bond donors (Lipinski definition) is 0. The van der Waals surface area contributed by atoms with Crippen molar-refractivity contribution in [2.45, 2.75) is 26.2 Å². The average molecular weight is 200 g/mol. The van der Waals surface area contributed by atoms with Crippen molar-refractivity contribution in [2.75, 3.05) is 0 Å². The Morgan fingerprint density at radius 1 is 1.27 bits per heavy atom. The van der Waals surface area contributed by atoms with Gasteiger partial charge in [0.1, 0.15) is 0 Å². The normalized spacial score (nSPS) is 11.7. The van der Waals surface area contributed by atoms with Crippen LogP contribution in [-0.2, 0) is 5.41 Å². The highest BCUT2D eigenvalue weighted by Crippen LogP contribution is 2.19. The number of pyridine rings is 1. The highest BCUT2D eigenvalue weighted by atomic mass is 15.3. The Labute approximate surface area is 89.8 Å². The maximum Gasteiger partial charge on any atom is 0.154 e. The summed E-state index contributed by atoms with van der Waals surface area (Å²) in [6.45, 7) is 6.39. The Hall–Kier alpha value is -1.64. The Morgan fingerprint density at radius 3 is 2.60 bits per heavy atom. The summed E-state index contributed by atoms with van der Waals surface area (Å²) in [5, 5.41) is 4.45. The van der Waals surface area contributed by atoms with Crippen LogP contribution in [0.4, 0.5) is 0 Å². The molecule has 0 atom stereocenters. The summed E-state index contributed by atoms with van der Waals surface area (Å²) in [7, 11) is 0.